The Kier molecular flexibility index (Phi) is 8.33. The third-order valence-electron chi connectivity index (χ3n) is 6.70. The van der Waals surface area contributed by atoms with Gasteiger partial charge in [-0.15, -0.1) is 0 Å². The summed E-state index contributed by atoms with van der Waals surface area (Å²) in [5.41, 5.74) is 1.62. The number of rotatable bonds is 10. The van der Waals surface area contributed by atoms with E-state index in [1.807, 2.05) is 6.08 Å². The quantitative estimate of drug-likeness (QED) is 0.285. The van der Waals surface area contributed by atoms with Crippen LogP contribution in [0.25, 0.3) is 10.9 Å². The average molecular weight is 542 g/mol. The number of halogens is 2. The summed E-state index contributed by atoms with van der Waals surface area (Å²) >= 11 is 5.93. The minimum atomic E-state index is -0.512. The van der Waals surface area contributed by atoms with Crippen LogP contribution in [0, 0.1) is 5.82 Å². The molecule has 0 radical (unpaired) electrons. The molecule has 2 bridgehead atoms. The first kappa shape index (κ1) is 26.3. The molecule has 2 atom stereocenters. The Hall–Kier alpha value is -3.31. The number of hydrogen-bond acceptors (Lipinski definition) is 8. The van der Waals surface area contributed by atoms with Crippen LogP contribution >= 0.6 is 11.6 Å². The molecular weight excluding hydrogens is 513 g/mol. The Morgan fingerprint density at radius 2 is 2.03 bits per heavy atom. The summed E-state index contributed by atoms with van der Waals surface area (Å²) < 4.78 is 30.2. The number of morpholine rings is 1. The molecule has 200 valence electrons. The summed E-state index contributed by atoms with van der Waals surface area (Å²) in [6, 6.07) is 8.64. The highest BCUT2D eigenvalue weighted by molar-refractivity contribution is 6.31. The molecule has 2 aliphatic rings. The smallest absolute Gasteiger partial charge is 0.248 e. The molecule has 11 heteroatoms. The summed E-state index contributed by atoms with van der Waals surface area (Å²) in [4.78, 5) is 24.0. The first-order valence-electron chi connectivity index (χ1n) is 12.5. The lowest BCUT2D eigenvalue weighted by molar-refractivity contribution is -0.112. The van der Waals surface area contributed by atoms with Crippen molar-refractivity contribution in [2.24, 2.45) is 0 Å². The van der Waals surface area contributed by atoms with Crippen molar-refractivity contribution in [2.45, 2.75) is 24.9 Å². The van der Waals surface area contributed by atoms with E-state index in [4.69, 9.17) is 25.8 Å². The third-order valence-corrected chi connectivity index (χ3v) is 6.99. The van der Waals surface area contributed by atoms with Gasteiger partial charge in [-0.25, -0.2) is 14.4 Å². The Morgan fingerprint density at radius 1 is 1.21 bits per heavy atom. The highest BCUT2D eigenvalue weighted by atomic mass is 35.5. The molecule has 2 unspecified atom stereocenters. The van der Waals surface area contributed by atoms with Gasteiger partial charge in [0, 0.05) is 49.0 Å². The van der Waals surface area contributed by atoms with E-state index in [-0.39, 0.29) is 10.9 Å². The van der Waals surface area contributed by atoms with E-state index in [1.54, 1.807) is 31.4 Å². The number of carbonyl (C=O) groups excluding carboxylic acids is 1. The monoisotopic (exact) mass is 541 g/mol. The maximum atomic E-state index is 13.6. The van der Waals surface area contributed by atoms with E-state index in [0.29, 0.717) is 65.7 Å². The van der Waals surface area contributed by atoms with Crippen LogP contribution < -0.4 is 15.4 Å². The number of methoxy groups -OCH3 is 1. The van der Waals surface area contributed by atoms with E-state index in [0.717, 1.165) is 26.1 Å². The second kappa shape index (κ2) is 12.0. The zero-order valence-electron chi connectivity index (χ0n) is 21.0. The van der Waals surface area contributed by atoms with Gasteiger partial charge in [-0.05, 0) is 37.1 Å². The number of benzene rings is 2. The number of amides is 1. The van der Waals surface area contributed by atoms with Crippen molar-refractivity contribution < 1.29 is 23.4 Å². The van der Waals surface area contributed by atoms with E-state index in [9.17, 15) is 9.18 Å². The number of hydrogen-bond donors (Lipinski definition) is 2. The Bertz CT molecular complexity index is 1320. The second-order valence-corrected chi connectivity index (χ2v) is 9.60. The second-order valence-electron chi connectivity index (χ2n) is 9.19. The maximum Gasteiger partial charge on any atom is 0.248 e. The third kappa shape index (κ3) is 6.05. The molecule has 38 heavy (non-hydrogen) atoms. The maximum absolute atomic E-state index is 13.6. The van der Waals surface area contributed by atoms with Crippen LogP contribution in [0.4, 0.5) is 21.6 Å². The van der Waals surface area contributed by atoms with Gasteiger partial charge >= 0.3 is 0 Å². The summed E-state index contributed by atoms with van der Waals surface area (Å²) in [5, 5.41) is 6.70. The topological polar surface area (TPSA) is 97.8 Å². The molecule has 2 fully saturated rings. The highest BCUT2D eigenvalue weighted by Crippen LogP contribution is 2.34. The summed E-state index contributed by atoms with van der Waals surface area (Å²) in [6.45, 7) is 2.87. The molecule has 1 aromatic heterocycles. The van der Waals surface area contributed by atoms with Gasteiger partial charge in [-0.2, -0.15) is 0 Å². The molecule has 2 aromatic carbocycles. The number of aromatic nitrogens is 2. The molecule has 1 amide bonds. The fourth-order valence-electron chi connectivity index (χ4n) is 4.81. The lowest BCUT2D eigenvalue weighted by atomic mass is 10.1. The van der Waals surface area contributed by atoms with Crippen molar-refractivity contribution in [1.82, 2.24) is 14.9 Å². The molecule has 0 spiro atoms. The predicted molar refractivity (Wildman–Crippen MR) is 144 cm³/mol. The van der Waals surface area contributed by atoms with Crippen molar-refractivity contribution in [2.75, 3.05) is 50.7 Å². The minimum Gasteiger partial charge on any atom is -0.489 e. The molecule has 2 saturated heterocycles. The number of anilines is 3. The van der Waals surface area contributed by atoms with Gasteiger partial charge in [0.2, 0.25) is 5.91 Å². The van der Waals surface area contributed by atoms with Crippen molar-refractivity contribution >= 4 is 45.6 Å². The van der Waals surface area contributed by atoms with E-state index < -0.39 is 5.82 Å². The molecular formula is C27H29ClFN5O4. The molecule has 3 heterocycles. The van der Waals surface area contributed by atoms with Crippen molar-refractivity contribution in [3.8, 4) is 5.75 Å². The van der Waals surface area contributed by atoms with E-state index in [1.165, 1.54) is 18.5 Å². The minimum absolute atomic E-state index is 0.00739. The van der Waals surface area contributed by atoms with Gasteiger partial charge in [-0.3, -0.25) is 9.69 Å². The molecule has 5 rings (SSSR count). The predicted octanol–water partition coefficient (Wildman–Crippen LogP) is 4.55. The molecule has 0 aliphatic carbocycles. The van der Waals surface area contributed by atoms with Crippen molar-refractivity contribution in [3.63, 3.8) is 0 Å². The van der Waals surface area contributed by atoms with Gasteiger partial charge in [0.05, 0.1) is 36.0 Å². The normalized spacial score (nSPS) is 19.2. The van der Waals surface area contributed by atoms with Crippen LogP contribution in [-0.4, -0.2) is 72.9 Å². The van der Waals surface area contributed by atoms with Gasteiger partial charge in [0.25, 0.3) is 0 Å². The summed E-state index contributed by atoms with van der Waals surface area (Å²) in [5.74, 6) is 0.132. The number of nitrogens with one attached hydrogen (secondary N) is 2. The van der Waals surface area contributed by atoms with E-state index >= 15 is 0 Å². The standard InChI is InChI=1S/C27H29ClFN5O4/c1-36-9-10-38-25-13-23-20(27(31-16-30-23)32-17-4-7-22(29)21(28)11-17)12-24(25)33-26(35)3-2-8-34-18-5-6-19(34)15-37-14-18/h2-4,7,11-13,16,18-19H,5-6,8-10,14-15H2,1H3,(H,33,35)(H,30,31,32). The largest absolute Gasteiger partial charge is 0.489 e. The molecule has 0 saturated carbocycles. The van der Waals surface area contributed by atoms with E-state index in [2.05, 4.69) is 25.5 Å². The first-order chi connectivity index (χ1) is 18.5. The lowest BCUT2D eigenvalue weighted by Gasteiger charge is -2.33. The SMILES string of the molecule is COCCOc1cc2ncnc(Nc3ccc(F)c(Cl)c3)c2cc1NC(=O)C=CCN1C2CCC1COC2. The Balaban J connectivity index is 1.37. The molecule has 2 aliphatic heterocycles. The average Bonchev–Trinajstić information content (AvgIpc) is 3.12. The number of fused-ring (bicyclic) bond motifs is 3. The van der Waals surface area contributed by atoms with Gasteiger partial charge in [-0.1, -0.05) is 17.7 Å². The van der Waals surface area contributed by atoms with Gasteiger partial charge in [0.15, 0.2) is 0 Å². The van der Waals surface area contributed by atoms with Crippen LogP contribution in [0.2, 0.25) is 5.02 Å². The zero-order chi connectivity index (χ0) is 26.5. The molecule has 2 N–H and O–H groups in total. The molecule has 9 nitrogen and oxygen atoms in total. The van der Waals surface area contributed by atoms with Gasteiger partial charge < -0.3 is 24.8 Å². The number of ether oxygens (including phenoxy) is 3. The summed E-state index contributed by atoms with van der Waals surface area (Å²) in [7, 11) is 1.59. The Labute approximate surface area is 224 Å². The van der Waals surface area contributed by atoms with Gasteiger partial charge in [0.1, 0.15) is 30.3 Å². The number of carbonyl (C=O) groups is 1. The highest BCUT2D eigenvalue weighted by Gasteiger charge is 2.36. The number of nitrogens with zero attached hydrogens (tertiary/aromatic N) is 3. The van der Waals surface area contributed by atoms with Crippen LogP contribution in [0.15, 0.2) is 48.8 Å². The summed E-state index contributed by atoms with van der Waals surface area (Å²) in [6.07, 6.45) is 7.10. The van der Waals surface area contributed by atoms with Crippen molar-refractivity contribution in [1.29, 1.82) is 0 Å². The van der Waals surface area contributed by atoms with Crippen LogP contribution in [0.5, 0.6) is 5.75 Å². The fourth-order valence-corrected chi connectivity index (χ4v) is 4.99. The van der Waals surface area contributed by atoms with Crippen LogP contribution in [-0.2, 0) is 14.3 Å². The first-order valence-corrected chi connectivity index (χ1v) is 12.8. The van der Waals surface area contributed by atoms with Crippen LogP contribution in [0.1, 0.15) is 12.8 Å². The molecule has 3 aromatic rings. The van der Waals surface area contributed by atoms with Crippen molar-refractivity contribution in [3.05, 3.63) is 59.7 Å². The lowest BCUT2D eigenvalue weighted by Crippen LogP contribution is -2.45. The zero-order valence-corrected chi connectivity index (χ0v) is 21.7. The Morgan fingerprint density at radius 3 is 2.79 bits per heavy atom. The van der Waals surface area contributed by atoms with Crippen LogP contribution in [0.3, 0.4) is 0 Å². The fraction of sp³-hybridized carbons (Fsp3) is 0.370.